The summed E-state index contributed by atoms with van der Waals surface area (Å²) in [5.41, 5.74) is 31.3. The second kappa shape index (κ2) is 24.1. The normalized spacial score (nSPS) is 12.7. The number of hydrogen-bond donors (Lipinski definition) is 0. The first-order valence-electron chi connectivity index (χ1n) is 36.0. The van der Waals surface area contributed by atoms with E-state index in [-0.39, 0.29) is 17.5 Å². The largest absolute Gasteiger partial charge is 0.310 e. The Morgan fingerprint density at radius 2 is 0.699 bits per heavy atom. The van der Waals surface area contributed by atoms with Crippen molar-refractivity contribution in [2.75, 3.05) is 9.80 Å². The molecule has 17 aromatic rings. The predicted molar refractivity (Wildman–Crippen MR) is 437 cm³/mol. The molecule has 0 unspecified atom stereocenters. The van der Waals surface area contributed by atoms with Gasteiger partial charge in [-0.3, -0.25) is 4.57 Å². The van der Waals surface area contributed by atoms with Crippen molar-refractivity contribution in [3.63, 3.8) is 0 Å². The Morgan fingerprint density at radius 1 is 0.282 bits per heavy atom. The highest BCUT2D eigenvalue weighted by Crippen LogP contribution is 2.54. The second-order valence-electron chi connectivity index (χ2n) is 29.8. The first-order chi connectivity index (χ1) is 50.4. The van der Waals surface area contributed by atoms with E-state index in [1.807, 2.05) is 0 Å². The third-order valence-corrected chi connectivity index (χ3v) is 21.6. The lowest BCUT2D eigenvalue weighted by Crippen LogP contribution is -2.61. The number of hydrogen-bond acceptors (Lipinski definition) is 3. The quantitative estimate of drug-likeness (QED) is 0.128. The monoisotopic (exact) mass is 1320 g/mol. The van der Waals surface area contributed by atoms with Crippen molar-refractivity contribution in [1.82, 2.24) is 14.1 Å². The number of fused-ring (bicyclic) bond motifs is 10. The Morgan fingerprint density at radius 3 is 1.17 bits per heavy atom. The van der Waals surface area contributed by atoms with E-state index in [0.717, 1.165) is 129 Å². The number of para-hydroxylation sites is 6. The first-order valence-corrected chi connectivity index (χ1v) is 36.0. The highest BCUT2D eigenvalue weighted by atomic mass is 15.2. The molecule has 5 heterocycles. The zero-order valence-corrected chi connectivity index (χ0v) is 58.6. The second-order valence-corrected chi connectivity index (χ2v) is 29.8. The van der Waals surface area contributed by atoms with Gasteiger partial charge in [-0.1, -0.05) is 315 Å². The fourth-order valence-corrected chi connectivity index (χ4v) is 16.9. The third kappa shape index (κ3) is 10.1. The SMILES string of the molecule is CC(C)(C)c1cc2c3c(c1)N(c1c(-c4ccccc4)cccc1-c1ccccc1)c1cc(-n4c5ccccc5c5ccccc54)ccc1B3c1cc(-c3cc(-c4ccccc4C(C)(C)C)cc(-n4c5ccccc5c5ccccc54)n3)ccc1N2c1c(-c2ccccc2)cccc1-c1ccccc1. The molecule has 0 N–H and O–H groups in total. The van der Waals surface area contributed by atoms with Crippen LogP contribution in [0.15, 0.2) is 340 Å². The fraction of sp³-hybridized carbons (Fsp3) is 0.0825. The molecule has 103 heavy (non-hydrogen) atoms. The zero-order valence-electron chi connectivity index (χ0n) is 58.6. The predicted octanol–water partition coefficient (Wildman–Crippen LogP) is 24.0. The van der Waals surface area contributed by atoms with Crippen LogP contribution in [0.25, 0.3) is 122 Å². The maximum atomic E-state index is 5.96. The van der Waals surface area contributed by atoms with E-state index in [9.17, 15) is 0 Å². The molecule has 0 fully saturated rings. The van der Waals surface area contributed by atoms with Crippen LogP contribution >= 0.6 is 0 Å². The molecule has 2 aliphatic heterocycles. The lowest BCUT2D eigenvalue weighted by molar-refractivity contribution is 0.590. The van der Waals surface area contributed by atoms with Gasteiger partial charge in [0.25, 0.3) is 6.71 Å². The van der Waals surface area contributed by atoms with Gasteiger partial charge >= 0.3 is 0 Å². The Kier molecular flexibility index (Phi) is 14.4. The van der Waals surface area contributed by atoms with Crippen molar-refractivity contribution < 1.29 is 0 Å². The van der Waals surface area contributed by atoms with Crippen LogP contribution in [0.4, 0.5) is 34.1 Å². The standard InChI is InChI=1S/C97H74BN5/c1-96(2,3)69-60-90-93-91(61-69)103(95-74(65-35-15-9-16-36-65)46-30-47-75(95)66-37-17-10-18-38-66)89-62-70(100-84-49-25-20-40-76(84)77-41-21-26-50-85(77)100)54-55-81(89)98(93)82-57-67(53-56-88(82)102(90)94-72(63-31-11-7-12-32-63)44-29-45-73(94)64-33-13-8-14-34-64)83-58-68(71-39-19-24-48-80(71)97(4,5)6)59-92(99-83)101-86-51-27-22-42-78(86)79-43-23-28-52-87(79)101/h7-62H,1-6H3. The van der Waals surface area contributed by atoms with Gasteiger partial charge in [-0.2, -0.15) is 0 Å². The van der Waals surface area contributed by atoms with Crippen LogP contribution in [0.3, 0.4) is 0 Å². The summed E-state index contributed by atoms with van der Waals surface area (Å²) in [5, 5.41) is 4.83. The summed E-state index contributed by atoms with van der Waals surface area (Å²) < 4.78 is 4.87. The minimum atomic E-state index is -0.313. The van der Waals surface area contributed by atoms with Crippen molar-refractivity contribution in [3.05, 3.63) is 351 Å². The first kappa shape index (κ1) is 61.6. The maximum Gasteiger partial charge on any atom is 0.252 e. The molecule has 5 nitrogen and oxygen atoms in total. The molecule has 0 saturated carbocycles. The van der Waals surface area contributed by atoms with Gasteiger partial charge < -0.3 is 14.4 Å². The van der Waals surface area contributed by atoms with Gasteiger partial charge in [0, 0.05) is 72.2 Å². The number of pyridine rings is 1. The van der Waals surface area contributed by atoms with Gasteiger partial charge in [-0.05, 0) is 144 Å². The van der Waals surface area contributed by atoms with Gasteiger partial charge in [-0.25, -0.2) is 4.98 Å². The van der Waals surface area contributed by atoms with Crippen molar-refractivity contribution in [3.8, 4) is 78.4 Å². The average Bonchev–Trinajstić information content (AvgIpc) is 1.18. The van der Waals surface area contributed by atoms with Crippen LogP contribution in [0, 0.1) is 0 Å². The number of benzene rings is 14. The van der Waals surface area contributed by atoms with Crippen LogP contribution < -0.4 is 26.2 Å². The molecule has 0 atom stereocenters. The lowest BCUT2D eigenvalue weighted by atomic mass is 9.33. The lowest BCUT2D eigenvalue weighted by Gasteiger charge is -2.46. The van der Waals surface area contributed by atoms with E-state index in [4.69, 9.17) is 4.98 Å². The Labute approximate surface area is 602 Å². The molecule has 19 rings (SSSR count). The van der Waals surface area contributed by atoms with Crippen LogP contribution in [0.1, 0.15) is 52.7 Å². The van der Waals surface area contributed by atoms with E-state index < -0.39 is 0 Å². The summed E-state index contributed by atoms with van der Waals surface area (Å²) in [5.74, 6) is 0.863. The van der Waals surface area contributed by atoms with Gasteiger partial charge in [0.1, 0.15) is 5.82 Å². The van der Waals surface area contributed by atoms with E-state index >= 15 is 0 Å². The minimum Gasteiger partial charge on any atom is -0.310 e. The number of rotatable bonds is 10. The summed E-state index contributed by atoms with van der Waals surface area (Å²) in [6, 6.07) is 127. The number of nitrogens with zero attached hydrogens (tertiary/aromatic N) is 5. The van der Waals surface area contributed by atoms with Crippen LogP contribution in [0.2, 0.25) is 0 Å². The minimum absolute atomic E-state index is 0.151. The molecule has 14 aromatic carbocycles. The van der Waals surface area contributed by atoms with Gasteiger partial charge in [0.15, 0.2) is 0 Å². The smallest absolute Gasteiger partial charge is 0.252 e. The van der Waals surface area contributed by atoms with E-state index in [0.29, 0.717) is 0 Å². The highest BCUT2D eigenvalue weighted by molar-refractivity contribution is 7.00. The van der Waals surface area contributed by atoms with Crippen LogP contribution in [-0.2, 0) is 10.8 Å². The molecule has 0 amide bonds. The van der Waals surface area contributed by atoms with Crippen molar-refractivity contribution in [2.24, 2.45) is 0 Å². The summed E-state index contributed by atoms with van der Waals surface area (Å²) >= 11 is 0. The molecule has 0 saturated heterocycles. The molecule has 0 spiro atoms. The van der Waals surface area contributed by atoms with Gasteiger partial charge in [-0.15, -0.1) is 0 Å². The average molecular weight is 1320 g/mol. The molecule has 0 bridgehead atoms. The molecule has 0 aliphatic carbocycles. The zero-order chi connectivity index (χ0) is 69.2. The Hall–Kier alpha value is -12.5. The number of anilines is 6. The summed E-state index contributed by atoms with van der Waals surface area (Å²) in [6.07, 6.45) is 0. The number of aromatic nitrogens is 3. The summed E-state index contributed by atoms with van der Waals surface area (Å²) in [7, 11) is 0. The Balaban J connectivity index is 0.969. The summed E-state index contributed by atoms with van der Waals surface area (Å²) in [6.45, 7) is 13.8. The molecular formula is C97H74BN5. The van der Waals surface area contributed by atoms with E-state index in [2.05, 4.69) is 400 Å². The van der Waals surface area contributed by atoms with E-state index in [1.165, 1.54) is 54.6 Å². The molecule has 2 aliphatic rings. The van der Waals surface area contributed by atoms with Gasteiger partial charge in [0.2, 0.25) is 0 Å². The van der Waals surface area contributed by atoms with Crippen LogP contribution in [-0.4, -0.2) is 20.8 Å². The van der Waals surface area contributed by atoms with Crippen molar-refractivity contribution in [1.29, 1.82) is 0 Å². The Bertz CT molecular complexity index is 5990. The van der Waals surface area contributed by atoms with Crippen molar-refractivity contribution >= 4 is 101 Å². The summed E-state index contributed by atoms with van der Waals surface area (Å²) in [4.78, 5) is 11.3. The maximum absolute atomic E-state index is 5.96. The van der Waals surface area contributed by atoms with Crippen LogP contribution in [0.5, 0.6) is 0 Å². The van der Waals surface area contributed by atoms with Gasteiger partial charge in [0.05, 0.1) is 39.1 Å². The molecule has 3 aromatic heterocycles. The fourth-order valence-electron chi connectivity index (χ4n) is 16.9. The third-order valence-electron chi connectivity index (χ3n) is 21.6. The molecule has 490 valence electrons. The topological polar surface area (TPSA) is 29.2 Å². The highest BCUT2D eigenvalue weighted by Gasteiger charge is 2.46. The van der Waals surface area contributed by atoms with E-state index in [1.54, 1.807) is 0 Å². The molecule has 6 heteroatoms. The molecule has 0 radical (unpaired) electrons. The molecular weight excluding hydrogens is 1250 g/mol. The van der Waals surface area contributed by atoms with Crippen molar-refractivity contribution in [2.45, 2.75) is 52.4 Å².